The Morgan fingerprint density at radius 3 is 2.38 bits per heavy atom. The van der Waals surface area contributed by atoms with Crippen LogP contribution in [0.5, 0.6) is 0 Å². The molecular weight excluding hydrogens is 418 g/mol. The fourth-order valence-corrected chi connectivity index (χ4v) is 4.91. The Kier molecular flexibility index (Phi) is 5.56. The van der Waals surface area contributed by atoms with Gasteiger partial charge in [-0.15, -0.1) is 0 Å². The van der Waals surface area contributed by atoms with Gasteiger partial charge in [0.15, 0.2) is 5.82 Å². The van der Waals surface area contributed by atoms with Crippen LogP contribution in [0, 0.1) is 13.8 Å². The van der Waals surface area contributed by atoms with Gasteiger partial charge >= 0.3 is 0 Å². The van der Waals surface area contributed by atoms with Crippen molar-refractivity contribution in [2.24, 2.45) is 0 Å². The molecule has 1 atom stereocenters. The van der Waals surface area contributed by atoms with Gasteiger partial charge in [0.25, 0.3) is 0 Å². The fraction of sp³-hybridized carbons (Fsp3) is 0.276. The third-order valence-corrected chi connectivity index (χ3v) is 6.65. The van der Waals surface area contributed by atoms with E-state index in [4.69, 9.17) is 9.97 Å². The van der Waals surface area contributed by atoms with Crippen LogP contribution in [0.25, 0.3) is 17.1 Å². The van der Waals surface area contributed by atoms with E-state index in [2.05, 4.69) is 98.9 Å². The summed E-state index contributed by atoms with van der Waals surface area (Å²) in [4.78, 5) is 12.1. The lowest BCUT2D eigenvalue weighted by Crippen LogP contribution is -2.23. The number of fused-ring (bicyclic) bond motifs is 1. The topological polar surface area (TPSA) is 46.8 Å². The second-order valence-corrected chi connectivity index (χ2v) is 9.50. The van der Waals surface area contributed by atoms with Gasteiger partial charge in [-0.1, -0.05) is 56.8 Å². The van der Waals surface area contributed by atoms with E-state index in [1.54, 1.807) is 0 Å². The second-order valence-electron chi connectivity index (χ2n) is 9.50. The first-order valence-electron chi connectivity index (χ1n) is 11.9. The van der Waals surface area contributed by atoms with Gasteiger partial charge in [0.1, 0.15) is 5.82 Å². The van der Waals surface area contributed by atoms with Crippen LogP contribution >= 0.6 is 0 Å². The van der Waals surface area contributed by atoms with Crippen LogP contribution in [-0.2, 0) is 6.42 Å². The lowest BCUT2D eigenvalue weighted by atomic mass is 9.97. The van der Waals surface area contributed by atoms with E-state index in [1.165, 1.54) is 11.1 Å². The number of aryl methyl sites for hydroxylation is 2. The van der Waals surface area contributed by atoms with Crippen molar-refractivity contribution in [3.8, 4) is 17.1 Å². The third-order valence-electron chi connectivity index (χ3n) is 6.65. The molecule has 1 aliphatic heterocycles. The highest BCUT2D eigenvalue weighted by Crippen LogP contribution is 2.40. The first kappa shape index (κ1) is 22.1. The van der Waals surface area contributed by atoms with Crippen LogP contribution in [0.1, 0.15) is 60.8 Å². The molecule has 5 heteroatoms. The molecule has 0 aliphatic carbocycles. The summed E-state index contributed by atoms with van der Waals surface area (Å²) >= 11 is 0. The Morgan fingerprint density at radius 1 is 0.971 bits per heavy atom. The summed E-state index contributed by atoms with van der Waals surface area (Å²) in [6, 6.07) is 19.2. The standard InChI is InChI=1S/C29H31N5/c1-18(2)26-9-7-8-10-27(26)28-30-17-24-16-20(4)33(29(24)31-28)22(6)23-11-13-25(14-12-23)34-21(5)15-19(3)32-34/h7-15,17-18,22H,4,16H2,1-3,5-6H3/t22-/m0/s1. The minimum atomic E-state index is 0.103. The molecule has 2 aromatic heterocycles. The summed E-state index contributed by atoms with van der Waals surface area (Å²) in [5.41, 5.74) is 8.97. The van der Waals surface area contributed by atoms with Crippen molar-refractivity contribution in [2.45, 2.75) is 53.0 Å². The highest BCUT2D eigenvalue weighted by Gasteiger charge is 2.30. The highest BCUT2D eigenvalue weighted by atomic mass is 15.3. The molecule has 3 heterocycles. The number of anilines is 1. The van der Waals surface area contributed by atoms with E-state index >= 15 is 0 Å². The van der Waals surface area contributed by atoms with E-state index in [1.807, 2.05) is 17.8 Å². The van der Waals surface area contributed by atoms with Crippen molar-refractivity contribution in [3.05, 3.63) is 101 Å². The maximum Gasteiger partial charge on any atom is 0.161 e. The van der Waals surface area contributed by atoms with Crippen LogP contribution < -0.4 is 4.90 Å². The van der Waals surface area contributed by atoms with E-state index in [9.17, 15) is 0 Å². The van der Waals surface area contributed by atoms with Gasteiger partial charge in [0.05, 0.1) is 17.4 Å². The molecule has 0 unspecified atom stereocenters. The summed E-state index contributed by atoms with van der Waals surface area (Å²) in [7, 11) is 0. The van der Waals surface area contributed by atoms with Gasteiger partial charge in [-0.05, 0) is 56.0 Å². The number of hydrogen-bond donors (Lipinski definition) is 0. The molecular formula is C29H31N5. The molecule has 0 bridgehead atoms. The zero-order valence-corrected chi connectivity index (χ0v) is 20.6. The monoisotopic (exact) mass is 449 g/mol. The van der Waals surface area contributed by atoms with Gasteiger partial charge in [-0.3, -0.25) is 0 Å². The lowest BCUT2D eigenvalue weighted by Gasteiger charge is -2.28. The number of benzene rings is 2. The van der Waals surface area contributed by atoms with Crippen molar-refractivity contribution in [2.75, 3.05) is 4.90 Å². The van der Waals surface area contributed by atoms with Crippen molar-refractivity contribution in [3.63, 3.8) is 0 Å². The lowest BCUT2D eigenvalue weighted by molar-refractivity contribution is 0.739. The molecule has 5 nitrogen and oxygen atoms in total. The average Bonchev–Trinajstić information content (AvgIpc) is 3.35. The SMILES string of the molecule is C=C1Cc2cnc(-c3ccccc3C(C)C)nc2N1[C@@H](C)c1ccc(-n2nc(C)cc2C)cc1. The molecule has 0 N–H and O–H groups in total. The van der Waals surface area contributed by atoms with Gasteiger partial charge < -0.3 is 4.90 Å². The predicted octanol–water partition coefficient (Wildman–Crippen LogP) is 6.71. The average molecular weight is 450 g/mol. The van der Waals surface area contributed by atoms with Crippen LogP contribution in [0.2, 0.25) is 0 Å². The van der Waals surface area contributed by atoms with Crippen molar-refractivity contribution < 1.29 is 0 Å². The Labute approximate surface area is 201 Å². The van der Waals surface area contributed by atoms with E-state index < -0.39 is 0 Å². The van der Waals surface area contributed by atoms with E-state index in [0.29, 0.717) is 5.92 Å². The molecule has 0 spiro atoms. The molecule has 4 aromatic rings. The van der Waals surface area contributed by atoms with Crippen LogP contribution in [0.15, 0.2) is 73.1 Å². The first-order valence-corrected chi connectivity index (χ1v) is 11.9. The van der Waals surface area contributed by atoms with Crippen molar-refractivity contribution in [1.82, 2.24) is 19.7 Å². The smallest absolute Gasteiger partial charge is 0.161 e. The number of rotatable bonds is 5. The van der Waals surface area contributed by atoms with Gasteiger partial charge in [0, 0.05) is 35.1 Å². The largest absolute Gasteiger partial charge is 0.323 e. The van der Waals surface area contributed by atoms with Gasteiger partial charge in [-0.2, -0.15) is 5.10 Å². The Balaban J connectivity index is 1.49. The molecule has 0 amide bonds. The zero-order valence-electron chi connectivity index (χ0n) is 20.6. The molecule has 0 fully saturated rings. The first-order chi connectivity index (χ1) is 16.3. The van der Waals surface area contributed by atoms with Crippen LogP contribution in [0.4, 0.5) is 5.82 Å². The second kappa shape index (κ2) is 8.56. The summed E-state index contributed by atoms with van der Waals surface area (Å²) in [6.07, 6.45) is 2.74. The van der Waals surface area contributed by atoms with Crippen molar-refractivity contribution in [1.29, 1.82) is 0 Å². The summed E-state index contributed by atoms with van der Waals surface area (Å²) in [5, 5.41) is 4.61. The van der Waals surface area contributed by atoms with Crippen LogP contribution in [0.3, 0.4) is 0 Å². The van der Waals surface area contributed by atoms with Gasteiger partial charge in [-0.25, -0.2) is 14.6 Å². The molecule has 172 valence electrons. The van der Waals surface area contributed by atoms with Gasteiger partial charge in [0.2, 0.25) is 0 Å². The normalized spacial score (nSPS) is 14.1. The molecule has 2 aromatic carbocycles. The summed E-state index contributed by atoms with van der Waals surface area (Å²) < 4.78 is 1.99. The Bertz CT molecular complexity index is 1360. The highest BCUT2D eigenvalue weighted by molar-refractivity contribution is 5.67. The summed E-state index contributed by atoms with van der Waals surface area (Å²) in [5.74, 6) is 2.14. The number of nitrogens with zero attached hydrogens (tertiary/aromatic N) is 5. The number of allylic oxidation sites excluding steroid dienone is 1. The number of aromatic nitrogens is 4. The Hall–Kier alpha value is -3.73. The maximum absolute atomic E-state index is 5.06. The van der Waals surface area contributed by atoms with E-state index in [0.717, 1.165) is 52.0 Å². The zero-order chi connectivity index (χ0) is 24.0. The predicted molar refractivity (Wildman–Crippen MR) is 138 cm³/mol. The quantitative estimate of drug-likeness (QED) is 0.340. The minimum Gasteiger partial charge on any atom is -0.323 e. The van der Waals surface area contributed by atoms with E-state index in [-0.39, 0.29) is 6.04 Å². The molecule has 5 rings (SSSR count). The molecule has 0 saturated heterocycles. The Morgan fingerprint density at radius 2 is 1.71 bits per heavy atom. The molecule has 34 heavy (non-hydrogen) atoms. The van der Waals surface area contributed by atoms with Crippen LogP contribution in [-0.4, -0.2) is 19.7 Å². The molecule has 1 aliphatic rings. The third kappa shape index (κ3) is 3.81. The molecule has 0 radical (unpaired) electrons. The maximum atomic E-state index is 5.06. The van der Waals surface area contributed by atoms with Crippen molar-refractivity contribution >= 4 is 5.82 Å². The number of hydrogen-bond acceptors (Lipinski definition) is 4. The molecule has 0 saturated carbocycles. The summed E-state index contributed by atoms with van der Waals surface area (Å²) in [6.45, 7) is 15.1. The fourth-order valence-electron chi connectivity index (χ4n) is 4.91. The minimum absolute atomic E-state index is 0.103.